The first-order valence-corrected chi connectivity index (χ1v) is 15.4. The fraction of sp³-hybridized carbons (Fsp3) is 0.0938. The van der Waals surface area contributed by atoms with Crippen LogP contribution in [0, 0.1) is 17.5 Å². The molecule has 13 heteroatoms. The first-order valence-electron chi connectivity index (χ1n) is 13.5. The molecule has 4 aromatic heterocycles. The number of furan rings is 1. The first kappa shape index (κ1) is 28.3. The number of sulfonamides is 1. The Morgan fingerprint density at radius 3 is 2.47 bits per heavy atom. The molecule has 226 valence electrons. The van der Waals surface area contributed by atoms with Crippen LogP contribution < -0.4 is 9.62 Å². The summed E-state index contributed by atoms with van der Waals surface area (Å²) in [4.78, 5) is 22.5. The van der Waals surface area contributed by atoms with Crippen LogP contribution in [0.4, 0.5) is 18.9 Å². The van der Waals surface area contributed by atoms with Gasteiger partial charge in [0.15, 0.2) is 5.76 Å². The third kappa shape index (κ3) is 4.46. The Kier molecular flexibility index (Phi) is 6.34. The van der Waals surface area contributed by atoms with Gasteiger partial charge in [0.05, 0.1) is 45.3 Å². The molecule has 7 aromatic rings. The topological polar surface area (TPSA) is 110 Å². The molecule has 0 saturated heterocycles. The number of fused-ring (bicyclic) bond motifs is 6. The van der Waals surface area contributed by atoms with Gasteiger partial charge < -0.3 is 9.73 Å². The number of anilines is 1. The van der Waals surface area contributed by atoms with E-state index in [4.69, 9.17) is 9.40 Å². The Bertz CT molecular complexity index is 2490. The van der Waals surface area contributed by atoms with E-state index in [0.717, 1.165) is 22.7 Å². The van der Waals surface area contributed by atoms with Gasteiger partial charge in [0.2, 0.25) is 10.0 Å². The van der Waals surface area contributed by atoms with Crippen molar-refractivity contribution in [1.29, 1.82) is 0 Å². The van der Waals surface area contributed by atoms with Crippen LogP contribution in [0.5, 0.6) is 0 Å². The monoisotopic (exact) mass is 629 g/mol. The average Bonchev–Trinajstić information content (AvgIpc) is 3.58. The molecule has 0 aliphatic rings. The third-order valence-electron chi connectivity index (χ3n) is 7.81. The van der Waals surface area contributed by atoms with Gasteiger partial charge in [-0.25, -0.2) is 31.6 Å². The highest BCUT2D eigenvalue weighted by Gasteiger charge is 2.28. The van der Waals surface area contributed by atoms with Gasteiger partial charge in [-0.1, -0.05) is 6.07 Å². The fourth-order valence-corrected chi connectivity index (χ4v) is 6.03. The van der Waals surface area contributed by atoms with Gasteiger partial charge in [-0.2, -0.15) is 0 Å². The van der Waals surface area contributed by atoms with Crippen molar-refractivity contribution in [2.75, 3.05) is 24.7 Å². The Balaban J connectivity index is 1.55. The number of carbonyl (C=O) groups excluding carboxylic acids is 1. The summed E-state index contributed by atoms with van der Waals surface area (Å²) in [5.41, 5.74) is 2.77. The second kappa shape index (κ2) is 10.1. The maximum absolute atomic E-state index is 14.9. The molecular formula is C32H22F3N5O4S. The van der Waals surface area contributed by atoms with Crippen molar-refractivity contribution in [3.05, 3.63) is 96.1 Å². The second-order valence-corrected chi connectivity index (χ2v) is 12.5. The number of hydrogen-bond donors (Lipinski definition) is 1. The smallest absolute Gasteiger partial charge is 0.255 e. The highest BCUT2D eigenvalue weighted by Crippen LogP contribution is 2.42. The lowest BCUT2D eigenvalue weighted by atomic mass is 10.0. The molecule has 45 heavy (non-hydrogen) atoms. The van der Waals surface area contributed by atoms with E-state index in [9.17, 15) is 26.4 Å². The van der Waals surface area contributed by atoms with E-state index in [1.165, 1.54) is 26.2 Å². The standard InChI is InChI=1S/C32H22F3N5O4S/c1-36-32(41)29-20-12-19(23-9-10-24-30(38-23)27-13-18-21(34)5-4-6-25(18)40(27)15-37-24)26(39(2)45(3,42)43)14-28(20)44-31(29)17-8-7-16(33)11-22(17)35/h4-15H,1-3H3,(H,36,41). The minimum absolute atomic E-state index is 0.0361. The van der Waals surface area contributed by atoms with Crippen molar-refractivity contribution in [1.82, 2.24) is 19.7 Å². The molecule has 9 nitrogen and oxygen atoms in total. The molecule has 0 spiro atoms. The highest BCUT2D eigenvalue weighted by atomic mass is 32.2. The SMILES string of the molecule is CNC(=O)c1c(-c2ccc(F)cc2F)oc2cc(N(C)S(C)(=O)=O)c(-c3ccc4ncn5c6cccc(F)c6cc5c4n3)cc12. The average molecular weight is 630 g/mol. The second-order valence-electron chi connectivity index (χ2n) is 10.5. The Morgan fingerprint density at radius 2 is 1.73 bits per heavy atom. The summed E-state index contributed by atoms with van der Waals surface area (Å²) >= 11 is 0. The molecule has 7 rings (SSSR count). The molecule has 1 amide bonds. The summed E-state index contributed by atoms with van der Waals surface area (Å²) in [6, 6.07) is 15.6. The summed E-state index contributed by atoms with van der Waals surface area (Å²) in [5, 5.41) is 3.14. The summed E-state index contributed by atoms with van der Waals surface area (Å²) in [5.74, 6) is -2.93. The lowest BCUT2D eigenvalue weighted by Crippen LogP contribution is -2.25. The lowest BCUT2D eigenvalue weighted by molar-refractivity contribution is 0.0964. The van der Waals surface area contributed by atoms with Crippen LogP contribution >= 0.6 is 0 Å². The van der Waals surface area contributed by atoms with Gasteiger partial charge >= 0.3 is 0 Å². The number of aromatic nitrogens is 3. The number of hydrogen-bond acceptors (Lipinski definition) is 6. The van der Waals surface area contributed by atoms with Crippen molar-refractivity contribution in [3.8, 4) is 22.6 Å². The fourth-order valence-electron chi connectivity index (χ4n) is 5.53. The Hall–Kier alpha value is -5.43. The van der Waals surface area contributed by atoms with Crippen LogP contribution in [0.1, 0.15) is 10.4 Å². The maximum Gasteiger partial charge on any atom is 0.255 e. The quantitative estimate of drug-likeness (QED) is 0.240. The van der Waals surface area contributed by atoms with Crippen molar-refractivity contribution in [2.45, 2.75) is 0 Å². The molecular weight excluding hydrogens is 607 g/mol. The minimum atomic E-state index is -3.82. The molecule has 0 aliphatic carbocycles. The van der Waals surface area contributed by atoms with Crippen LogP contribution in [0.3, 0.4) is 0 Å². The van der Waals surface area contributed by atoms with E-state index in [-0.39, 0.29) is 33.5 Å². The number of halogens is 3. The molecule has 4 heterocycles. The number of pyridine rings is 1. The summed E-state index contributed by atoms with van der Waals surface area (Å²) in [6.45, 7) is 0. The predicted molar refractivity (Wildman–Crippen MR) is 165 cm³/mol. The lowest BCUT2D eigenvalue weighted by Gasteiger charge is -2.20. The van der Waals surface area contributed by atoms with Crippen molar-refractivity contribution < 1.29 is 30.8 Å². The minimum Gasteiger partial charge on any atom is -0.455 e. The highest BCUT2D eigenvalue weighted by molar-refractivity contribution is 7.92. The molecule has 0 saturated carbocycles. The van der Waals surface area contributed by atoms with Gasteiger partial charge in [-0.05, 0) is 48.5 Å². The van der Waals surface area contributed by atoms with Crippen LogP contribution in [0.2, 0.25) is 0 Å². The Morgan fingerprint density at radius 1 is 0.933 bits per heavy atom. The maximum atomic E-state index is 14.9. The van der Waals surface area contributed by atoms with Crippen LogP contribution in [0.25, 0.3) is 61.0 Å². The van der Waals surface area contributed by atoms with Gasteiger partial charge in [-0.15, -0.1) is 0 Å². The van der Waals surface area contributed by atoms with E-state index in [1.807, 2.05) is 0 Å². The van der Waals surface area contributed by atoms with E-state index < -0.39 is 33.4 Å². The summed E-state index contributed by atoms with van der Waals surface area (Å²) in [7, 11) is -1.07. The van der Waals surface area contributed by atoms with Gasteiger partial charge in [0.25, 0.3) is 5.91 Å². The first-order chi connectivity index (χ1) is 21.5. The van der Waals surface area contributed by atoms with Crippen LogP contribution in [-0.2, 0) is 10.0 Å². The van der Waals surface area contributed by atoms with E-state index in [1.54, 1.807) is 47.1 Å². The normalized spacial score (nSPS) is 12.0. The zero-order valence-electron chi connectivity index (χ0n) is 23.9. The zero-order chi connectivity index (χ0) is 31.8. The largest absolute Gasteiger partial charge is 0.455 e. The van der Waals surface area contributed by atoms with Crippen LogP contribution in [0.15, 0.2) is 77.5 Å². The van der Waals surface area contributed by atoms with Crippen LogP contribution in [-0.4, -0.2) is 49.0 Å². The summed E-state index contributed by atoms with van der Waals surface area (Å²) < 4.78 is 77.6. The Labute approximate surface area is 253 Å². The summed E-state index contributed by atoms with van der Waals surface area (Å²) in [6.07, 6.45) is 2.60. The zero-order valence-corrected chi connectivity index (χ0v) is 24.7. The van der Waals surface area contributed by atoms with E-state index in [0.29, 0.717) is 44.8 Å². The number of nitrogens with one attached hydrogen (secondary N) is 1. The molecule has 1 N–H and O–H groups in total. The van der Waals surface area contributed by atoms with Crippen molar-refractivity contribution >= 4 is 60.0 Å². The molecule has 0 fully saturated rings. The van der Waals surface area contributed by atoms with Crippen molar-refractivity contribution in [2.24, 2.45) is 0 Å². The predicted octanol–water partition coefficient (Wildman–Crippen LogP) is 6.29. The number of amides is 1. The van der Waals surface area contributed by atoms with E-state index in [2.05, 4.69) is 10.3 Å². The van der Waals surface area contributed by atoms with Gasteiger partial charge in [0, 0.05) is 42.6 Å². The van der Waals surface area contributed by atoms with Gasteiger partial charge in [0.1, 0.15) is 34.9 Å². The third-order valence-corrected chi connectivity index (χ3v) is 9.00. The number of carbonyl (C=O) groups is 1. The molecule has 0 radical (unpaired) electrons. The molecule has 0 aliphatic heterocycles. The number of rotatable bonds is 5. The van der Waals surface area contributed by atoms with Crippen molar-refractivity contribution in [3.63, 3.8) is 0 Å². The molecule has 3 aromatic carbocycles. The molecule has 0 bridgehead atoms. The number of benzene rings is 3. The van der Waals surface area contributed by atoms with Gasteiger partial charge in [-0.3, -0.25) is 13.5 Å². The molecule has 0 atom stereocenters. The number of nitrogens with zero attached hydrogens (tertiary/aromatic N) is 4. The van der Waals surface area contributed by atoms with E-state index >= 15 is 0 Å². The molecule has 0 unspecified atom stereocenters.